The number of carbonyl (C=O) groups is 2. The van der Waals surface area contributed by atoms with Crippen molar-refractivity contribution in [3.63, 3.8) is 0 Å². The summed E-state index contributed by atoms with van der Waals surface area (Å²) < 4.78 is 23.3. The monoisotopic (exact) mass is 607 g/mol. The largest absolute Gasteiger partial charge is 0.384 e. The summed E-state index contributed by atoms with van der Waals surface area (Å²) in [6, 6.07) is 15.5. The number of nitriles is 1. The number of primary sulfonamides is 1. The number of carbonyl (C=O) groups excluding carboxylic acids is 2. The molecular formula is C27H25N7O4S3. The van der Waals surface area contributed by atoms with E-state index in [1.807, 2.05) is 31.2 Å². The van der Waals surface area contributed by atoms with Crippen LogP contribution in [0.25, 0.3) is 0 Å². The predicted octanol–water partition coefficient (Wildman–Crippen LogP) is 3.53. The molecule has 3 aromatic rings. The van der Waals surface area contributed by atoms with Gasteiger partial charge in [-0.3, -0.25) is 14.5 Å². The van der Waals surface area contributed by atoms with Crippen molar-refractivity contribution in [2.45, 2.75) is 41.3 Å². The van der Waals surface area contributed by atoms with Gasteiger partial charge in [-0.1, -0.05) is 52.9 Å². The molecule has 5 N–H and O–H groups in total. The zero-order chi connectivity index (χ0) is 29.3. The van der Waals surface area contributed by atoms with Gasteiger partial charge in [0.15, 0.2) is 10.1 Å². The van der Waals surface area contributed by atoms with Gasteiger partial charge in [0.2, 0.25) is 21.1 Å². The normalized spacial score (nSPS) is 17.3. The molecule has 1 unspecified atom stereocenters. The summed E-state index contributed by atoms with van der Waals surface area (Å²) in [7, 11) is -3.83. The van der Waals surface area contributed by atoms with Gasteiger partial charge in [0.1, 0.15) is 5.82 Å². The van der Waals surface area contributed by atoms with Crippen LogP contribution in [0.3, 0.4) is 0 Å². The molecule has 0 bridgehead atoms. The van der Waals surface area contributed by atoms with Crippen molar-refractivity contribution in [2.75, 3.05) is 16.0 Å². The standard InChI is InChI=1S/C27H25N7O4S3/c1-15-5-7-16(8-6-15)23-19(13-28)25(29)34(20-3-2-4-21(35)24(20)23)26-32-33-27(40-26)39-14-22(36)31-17-9-11-18(12-10-17)41(30,37)38/h5-12,23H,2-4,14,29H2,1H3,(H,31,36)(H2,30,37,38). The smallest absolute Gasteiger partial charge is 0.238 e. The third kappa shape index (κ3) is 5.89. The summed E-state index contributed by atoms with van der Waals surface area (Å²) in [6.45, 7) is 1.97. The van der Waals surface area contributed by atoms with Crippen molar-refractivity contribution in [2.24, 2.45) is 10.9 Å². The van der Waals surface area contributed by atoms with Gasteiger partial charge in [-0.15, -0.1) is 10.2 Å². The van der Waals surface area contributed by atoms with Crippen LogP contribution in [0, 0.1) is 18.3 Å². The number of nitrogens with zero attached hydrogens (tertiary/aromatic N) is 4. The molecule has 0 spiro atoms. The average Bonchev–Trinajstić information content (AvgIpc) is 3.40. The summed E-state index contributed by atoms with van der Waals surface area (Å²) in [5, 5.41) is 26.8. The Morgan fingerprint density at radius 1 is 1.17 bits per heavy atom. The topological polar surface area (TPSA) is 185 Å². The fourth-order valence-electron chi connectivity index (χ4n) is 4.80. The number of sulfonamides is 1. The molecule has 41 heavy (non-hydrogen) atoms. The fraction of sp³-hybridized carbons (Fsp3) is 0.222. The number of ketones is 1. The highest BCUT2D eigenvalue weighted by molar-refractivity contribution is 8.01. The SMILES string of the molecule is Cc1ccc(C2C(C#N)=C(N)N(c3nnc(SCC(=O)Nc4ccc(S(N)(=O)=O)cc4)s3)C3=C2C(=O)CCC3)cc1. The Morgan fingerprint density at radius 3 is 2.54 bits per heavy atom. The fourth-order valence-corrected chi connectivity index (χ4v) is 7.00. The number of anilines is 2. The van der Waals surface area contributed by atoms with Crippen LogP contribution >= 0.6 is 23.1 Å². The molecule has 14 heteroatoms. The van der Waals surface area contributed by atoms with E-state index in [1.165, 1.54) is 35.6 Å². The zero-order valence-electron chi connectivity index (χ0n) is 21.8. The molecule has 210 valence electrons. The highest BCUT2D eigenvalue weighted by Gasteiger charge is 2.41. The second-order valence-electron chi connectivity index (χ2n) is 9.48. The highest BCUT2D eigenvalue weighted by Crippen LogP contribution is 2.47. The van der Waals surface area contributed by atoms with Crippen LogP contribution in [0.1, 0.15) is 36.3 Å². The van der Waals surface area contributed by atoms with Gasteiger partial charge in [-0.2, -0.15) is 5.26 Å². The van der Waals surface area contributed by atoms with Gasteiger partial charge in [0.05, 0.1) is 28.2 Å². The van der Waals surface area contributed by atoms with Gasteiger partial charge >= 0.3 is 0 Å². The van der Waals surface area contributed by atoms with Crippen molar-refractivity contribution >= 4 is 55.6 Å². The number of nitrogens with two attached hydrogens (primary N) is 2. The minimum atomic E-state index is -3.83. The van der Waals surface area contributed by atoms with Crippen molar-refractivity contribution < 1.29 is 18.0 Å². The molecular weight excluding hydrogens is 583 g/mol. The van der Waals surface area contributed by atoms with E-state index in [4.69, 9.17) is 10.9 Å². The molecule has 11 nitrogen and oxygen atoms in total. The second kappa shape index (κ2) is 11.5. The summed E-state index contributed by atoms with van der Waals surface area (Å²) in [5.74, 6) is -0.676. The van der Waals surface area contributed by atoms with Gasteiger partial charge in [-0.05, 0) is 49.6 Å². The van der Waals surface area contributed by atoms with Crippen LogP contribution < -0.4 is 21.1 Å². The van der Waals surface area contributed by atoms with Crippen molar-refractivity contribution in [1.82, 2.24) is 10.2 Å². The van der Waals surface area contributed by atoms with E-state index in [9.17, 15) is 23.3 Å². The van der Waals surface area contributed by atoms with Gasteiger partial charge in [-0.25, -0.2) is 13.6 Å². The number of aromatic nitrogens is 2. The average molecular weight is 608 g/mol. The van der Waals surface area contributed by atoms with Crippen molar-refractivity contribution in [1.29, 1.82) is 5.26 Å². The number of nitrogens with one attached hydrogen (secondary N) is 1. The number of benzene rings is 2. The van der Waals surface area contributed by atoms with Gasteiger partial charge in [0.25, 0.3) is 0 Å². The van der Waals surface area contributed by atoms with E-state index in [0.717, 1.165) is 28.6 Å². The quantitative estimate of drug-likeness (QED) is 0.336. The molecule has 1 aliphatic carbocycles. The molecule has 0 fully saturated rings. The lowest BCUT2D eigenvalue weighted by Crippen LogP contribution is -2.38. The Hall–Kier alpha value is -4.03. The first-order valence-corrected chi connectivity index (χ1v) is 15.8. The Bertz CT molecular complexity index is 1740. The van der Waals surface area contributed by atoms with E-state index < -0.39 is 15.9 Å². The maximum atomic E-state index is 13.2. The summed E-state index contributed by atoms with van der Waals surface area (Å²) in [4.78, 5) is 27.3. The number of Topliss-reactive ketones (excluding diaryl/α,β-unsaturated/α-hetero) is 1. The maximum absolute atomic E-state index is 13.2. The molecule has 5 rings (SSSR count). The number of aryl methyl sites for hydroxylation is 1. The maximum Gasteiger partial charge on any atom is 0.238 e. The minimum absolute atomic E-state index is 0.0161. The highest BCUT2D eigenvalue weighted by atomic mass is 32.2. The van der Waals surface area contributed by atoms with E-state index >= 15 is 0 Å². The van der Waals surface area contributed by atoms with Crippen molar-refractivity contribution in [3.8, 4) is 6.07 Å². The lowest BCUT2D eigenvalue weighted by molar-refractivity contribution is -0.116. The van der Waals surface area contributed by atoms with Crippen LogP contribution in [0.4, 0.5) is 10.8 Å². The first kappa shape index (κ1) is 28.5. The molecule has 2 heterocycles. The van der Waals surface area contributed by atoms with Gasteiger partial charge < -0.3 is 11.1 Å². The molecule has 2 aromatic carbocycles. The number of hydrogen-bond donors (Lipinski definition) is 3. The molecule has 1 aliphatic heterocycles. The third-order valence-corrected chi connectivity index (χ3v) is 9.68. The molecule has 0 saturated carbocycles. The Balaban J connectivity index is 1.36. The summed E-state index contributed by atoms with van der Waals surface area (Å²) in [5.41, 5.74) is 10.5. The lowest BCUT2D eigenvalue weighted by Gasteiger charge is -2.38. The molecule has 2 aliphatic rings. The number of thioether (sulfide) groups is 1. The molecule has 1 aromatic heterocycles. The van der Waals surface area contributed by atoms with Crippen LogP contribution in [-0.2, 0) is 19.6 Å². The molecule has 1 amide bonds. The van der Waals surface area contributed by atoms with Crippen LogP contribution in [-0.4, -0.2) is 36.1 Å². The number of amides is 1. The molecule has 0 saturated heterocycles. The number of hydrogen-bond acceptors (Lipinski definition) is 11. The first-order valence-electron chi connectivity index (χ1n) is 12.5. The summed E-state index contributed by atoms with van der Waals surface area (Å²) >= 11 is 2.36. The number of rotatable bonds is 7. The second-order valence-corrected chi connectivity index (χ2v) is 13.2. The first-order chi connectivity index (χ1) is 19.6. The Labute approximate surface area is 245 Å². The summed E-state index contributed by atoms with van der Waals surface area (Å²) in [6.07, 6.45) is 1.64. The molecule has 0 radical (unpaired) electrons. The van der Waals surface area contributed by atoms with Crippen molar-refractivity contribution in [3.05, 3.63) is 82.3 Å². The molecule has 1 atom stereocenters. The van der Waals surface area contributed by atoms with E-state index in [-0.39, 0.29) is 33.7 Å². The van der Waals surface area contributed by atoms with E-state index in [2.05, 4.69) is 21.6 Å². The zero-order valence-corrected chi connectivity index (χ0v) is 24.3. The predicted molar refractivity (Wildman–Crippen MR) is 156 cm³/mol. The lowest BCUT2D eigenvalue weighted by atomic mass is 9.75. The van der Waals surface area contributed by atoms with Crippen LogP contribution in [0.2, 0.25) is 0 Å². The Morgan fingerprint density at radius 2 is 1.88 bits per heavy atom. The van der Waals surface area contributed by atoms with Gasteiger partial charge in [0, 0.05) is 23.4 Å². The van der Waals surface area contributed by atoms with E-state index in [1.54, 1.807) is 4.90 Å². The minimum Gasteiger partial charge on any atom is -0.384 e. The third-order valence-electron chi connectivity index (χ3n) is 6.70. The Kier molecular flexibility index (Phi) is 7.96. The van der Waals surface area contributed by atoms with Crippen LogP contribution in [0.5, 0.6) is 0 Å². The van der Waals surface area contributed by atoms with Crippen LogP contribution in [0.15, 0.2) is 80.4 Å². The number of allylic oxidation sites excluding steroid dienone is 3. The van der Waals surface area contributed by atoms with E-state index in [0.29, 0.717) is 40.0 Å².